The monoisotopic (exact) mass is 289 g/mol. The Morgan fingerprint density at radius 2 is 2.00 bits per heavy atom. The maximum Gasteiger partial charge on any atom is 0.326 e. The van der Waals surface area contributed by atoms with Crippen LogP contribution in [-0.2, 0) is 16.0 Å². The van der Waals surface area contributed by atoms with E-state index in [0.717, 1.165) is 23.3 Å². The first kappa shape index (κ1) is 13.9. The molecule has 3 rings (SSSR count). The topological polar surface area (TPSA) is 66.8 Å². The fourth-order valence-corrected chi connectivity index (χ4v) is 3.12. The van der Waals surface area contributed by atoms with Crippen LogP contribution in [0, 0.1) is 13.8 Å². The first-order valence-corrected chi connectivity index (χ1v) is 7.27. The Morgan fingerprint density at radius 3 is 2.71 bits per heavy atom. The number of carboxylic acids is 1. The zero-order valence-electron chi connectivity index (χ0n) is 12.3. The molecule has 0 radical (unpaired) electrons. The van der Waals surface area contributed by atoms with Gasteiger partial charge in [-0.15, -0.1) is 0 Å². The van der Waals surface area contributed by atoms with E-state index in [-0.39, 0.29) is 5.91 Å². The summed E-state index contributed by atoms with van der Waals surface area (Å²) in [6.07, 6.45) is 1.21. The number of carbonyl (C=O) groups excluding carboxylic acids is 1. The van der Waals surface area contributed by atoms with E-state index in [4.69, 9.17) is 4.74 Å². The van der Waals surface area contributed by atoms with Crippen molar-refractivity contribution >= 4 is 11.9 Å². The standard InChI is InChI=1S/C16H19NO4/c1-9-6-11-8-14(21-13(11)7-10(9)2)15(18)17-5-3-4-12(17)16(19)20/h6-7,12,14H,3-5,8H2,1-2H3,(H,19,20)/t12-,14?/m1/s1. The zero-order valence-corrected chi connectivity index (χ0v) is 12.3. The molecule has 2 aliphatic heterocycles. The van der Waals surface area contributed by atoms with Crippen molar-refractivity contribution in [2.75, 3.05) is 6.54 Å². The van der Waals surface area contributed by atoms with Crippen molar-refractivity contribution in [3.63, 3.8) is 0 Å². The largest absolute Gasteiger partial charge is 0.480 e. The Bertz CT molecular complexity index is 580. The number of aryl methyl sites for hydroxylation is 2. The van der Waals surface area contributed by atoms with Gasteiger partial charge in [-0.2, -0.15) is 0 Å². The highest BCUT2D eigenvalue weighted by molar-refractivity contribution is 5.88. The van der Waals surface area contributed by atoms with Crippen molar-refractivity contribution in [1.29, 1.82) is 0 Å². The minimum Gasteiger partial charge on any atom is -0.480 e. The van der Waals surface area contributed by atoms with Gasteiger partial charge in [0.25, 0.3) is 5.91 Å². The molecule has 0 aromatic heterocycles. The number of rotatable bonds is 2. The molecule has 1 aromatic carbocycles. The molecule has 0 spiro atoms. The molecule has 112 valence electrons. The van der Waals surface area contributed by atoms with E-state index >= 15 is 0 Å². The summed E-state index contributed by atoms with van der Waals surface area (Å²) in [6.45, 7) is 4.55. The molecule has 1 unspecified atom stereocenters. The molecular weight excluding hydrogens is 270 g/mol. The molecule has 2 aliphatic rings. The molecule has 1 fully saturated rings. The van der Waals surface area contributed by atoms with Gasteiger partial charge < -0.3 is 14.7 Å². The van der Waals surface area contributed by atoms with Crippen molar-refractivity contribution in [2.24, 2.45) is 0 Å². The van der Waals surface area contributed by atoms with Gasteiger partial charge in [0.2, 0.25) is 0 Å². The van der Waals surface area contributed by atoms with E-state index in [1.165, 1.54) is 10.5 Å². The third-order valence-electron chi connectivity index (χ3n) is 4.45. The molecular formula is C16H19NO4. The molecule has 5 heteroatoms. The number of nitrogens with zero attached hydrogens (tertiary/aromatic N) is 1. The van der Waals surface area contributed by atoms with Crippen molar-refractivity contribution in [3.05, 3.63) is 28.8 Å². The number of carboxylic acid groups (broad SMARTS) is 1. The lowest BCUT2D eigenvalue weighted by atomic mass is 10.0. The summed E-state index contributed by atoms with van der Waals surface area (Å²) in [7, 11) is 0. The number of carbonyl (C=O) groups is 2. The molecule has 1 aromatic rings. The molecule has 0 saturated carbocycles. The molecule has 2 heterocycles. The van der Waals surface area contributed by atoms with Gasteiger partial charge in [-0.25, -0.2) is 4.79 Å². The maximum absolute atomic E-state index is 12.5. The van der Waals surface area contributed by atoms with Gasteiger partial charge in [-0.1, -0.05) is 6.07 Å². The van der Waals surface area contributed by atoms with Crippen molar-refractivity contribution in [3.8, 4) is 5.75 Å². The van der Waals surface area contributed by atoms with E-state index < -0.39 is 18.1 Å². The summed E-state index contributed by atoms with van der Waals surface area (Å²) in [5.74, 6) is -0.378. The lowest BCUT2D eigenvalue weighted by Crippen LogP contribution is -2.46. The van der Waals surface area contributed by atoms with Crippen LogP contribution in [0.15, 0.2) is 12.1 Å². The SMILES string of the molecule is Cc1cc2c(cc1C)OC(C(=O)N1CCC[C@@H]1C(=O)O)C2. The minimum atomic E-state index is -0.928. The first-order chi connectivity index (χ1) is 9.97. The molecule has 0 aliphatic carbocycles. The van der Waals surface area contributed by atoms with E-state index in [9.17, 15) is 14.7 Å². The Hall–Kier alpha value is -2.04. The van der Waals surface area contributed by atoms with Crippen LogP contribution in [0.2, 0.25) is 0 Å². The predicted molar refractivity (Wildman–Crippen MR) is 76.4 cm³/mol. The van der Waals surface area contributed by atoms with Crippen LogP contribution >= 0.6 is 0 Å². The number of aliphatic carboxylic acids is 1. The molecule has 1 N–H and O–H groups in total. The molecule has 5 nitrogen and oxygen atoms in total. The summed E-state index contributed by atoms with van der Waals surface area (Å²) in [6, 6.07) is 3.31. The summed E-state index contributed by atoms with van der Waals surface area (Å²) in [5.41, 5.74) is 3.34. The Labute approximate surface area is 123 Å². The van der Waals surface area contributed by atoms with Crippen LogP contribution in [0.4, 0.5) is 0 Å². The summed E-state index contributed by atoms with van der Waals surface area (Å²) in [5, 5.41) is 9.19. The summed E-state index contributed by atoms with van der Waals surface area (Å²) in [4.78, 5) is 25.2. The molecule has 2 atom stereocenters. The smallest absolute Gasteiger partial charge is 0.326 e. The van der Waals surface area contributed by atoms with Crippen LogP contribution in [0.5, 0.6) is 5.75 Å². The quantitative estimate of drug-likeness (QED) is 0.899. The summed E-state index contributed by atoms with van der Waals surface area (Å²) >= 11 is 0. The van der Waals surface area contributed by atoms with E-state index in [0.29, 0.717) is 19.4 Å². The van der Waals surface area contributed by atoms with Crippen LogP contribution in [0.3, 0.4) is 0 Å². The van der Waals surface area contributed by atoms with Gasteiger partial charge in [-0.3, -0.25) is 4.79 Å². The van der Waals surface area contributed by atoms with Crippen molar-refractivity contribution in [1.82, 2.24) is 4.90 Å². The predicted octanol–water partition coefficient (Wildman–Crippen LogP) is 1.68. The highest BCUT2D eigenvalue weighted by Crippen LogP contribution is 2.33. The van der Waals surface area contributed by atoms with Crippen LogP contribution in [0.1, 0.15) is 29.5 Å². The first-order valence-electron chi connectivity index (χ1n) is 7.27. The second kappa shape index (κ2) is 5.06. The van der Waals surface area contributed by atoms with Gasteiger partial charge in [0, 0.05) is 13.0 Å². The Kier molecular flexibility index (Phi) is 3.35. The fourth-order valence-electron chi connectivity index (χ4n) is 3.12. The number of hydrogen-bond acceptors (Lipinski definition) is 3. The highest BCUT2D eigenvalue weighted by atomic mass is 16.5. The Balaban J connectivity index is 1.78. The average Bonchev–Trinajstić information content (AvgIpc) is 3.04. The maximum atomic E-state index is 12.5. The van der Waals surface area contributed by atoms with Crippen LogP contribution in [-0.4, -0.2) is 40.6 Å². The minimum absolute atomic E-state index is 0.202. The lowest BCUT2D eigenvalue weighted by molar-refractivity contribution is -0.150. The third-order valence-corrected chi connectivity index (χ3v) is 4.45. The highest BCUT2D eigenvalue weighted by Gasteiger charge is 2.40. The summed E-state index contributed by atoms with van der Waals surface area (Å²) < 4.78 is 5.76. The Morgan fingerprint density at radius 1 is 1.29 bits per heavy atom. The van der Waals surface area contributed by atoms with Gasteiger partial charge in [0.1, 0.15) is 11.8 Å². The van der Waals surface area contributed by atoms with Gasteiger partial charge >= 0.3 is 5.97 Å². The van der Waals surface area contributed by atoms with Crippen molar-refractivity contribution < 1.29 is 19.4 Å². The number of likely N-dealkylation sites (tertiary alicyclic amines) is 1. The van der Waals surface area contributed by atoms with Crippen LogP contribution in [0.25, 0.3) is 0 Å². The van der Waals surface area contributed by atoms with E-state index in [1.54, 1.807) is 0 Å². The van der Waals surface area contributed by atoms with E-state index in [1.807, 2.05) is 19.9 Å². The molecule has 1 amide bonds. The van der Waals surface area contributed by atoms with Gasteiger partial charge in [0.05, 0.1) is 0 Å². The lowest BCUT2D eigenvalue weighted by Gasteiger charge is -2.24. The molecule has 0 bridgehead atoms. The van der Waals surface area contributed by atoms with Gasteiger partial charge in [0.15, 0.2) is 6.10 Å². The second-order valence-electron chi connectivity index (χ2n) is 5.88. The number of fused-ring (bicyclic) bond motifs is 1. The van der Waals surface area contributed by atoms with E-state index in [2.05, 4.69) is 6.07 Å². The number of ether oxygens (including phenoxy) is 1. The van der Waals surface area contributed by atoms with Crippen molar-refractivity contribution in [2.45, 2.75) is 45.3 Å². The number of amides is 1. The zero-order chi connectivity index (χ0) is 15.1. The number of hydrogen-bond donors (Lipinski definition) is 1. The fraction of sp³-hybridized carbons (Fsp3) is 0.500. The third kappa shape index (κ3) is 2.37. The van der Waals surface area contributed by atoms with Gasteiger partial charge in [-0.05, 0) is 49.4 Å². The normalized spacial score (nSPS) is 23.8. The second-order valence-corrected chi connectivity index (χ2v) is 5.88. The molecule has 1 saturated heterocycles. The average molecular weight is 289 g/mol. The molecule has 21 heavy (non-hydrogen) atoms. The number of benzene rings is 1. The van der Waals surface area contributed by atoms with Crippen LogP contribution < -0.4 is 4.74 Å².